The minimum Gasteiger partial charge on any atom is -0.497 e. The minimum atomic E-state index is 0. The lowest BCUT2D eigenvalue weighted by atomic mass is 10.2. The van der Waals surface area contributed by atoms with Gasteiger partial charge in [0.25, 0.3) is 0 Å². The Morgan fingerprint density at radius 3 is 2.46 bits per heavy atom. The molecule has 0 saturated carbocycles. The van der Waals surface area contributed by atoms with Crippen LogP contribution in [-0.4, -0.2) is 24.6 Å². The third-order valence-corrected chi connectivity index (χ3v) is 4.48. The van der Waals surface area contributed by atoms with Gasteiger partial charge in [0.15, 0.2) is 5.96 Å². The van der Waals surface area contributed by atoms with Gasteiger partial charge in [0.2, 0.25) is 0 Å². The summed E-state index contributed by atoms with van der Waals surface area (Å²) in [4.78, 5) is 10.4. The van der Waals surface area contributed by atoms with Crippen LogP contribution in [0, 0.1) is 13.8 Å². The van der Waals surface area contributed by atoms with Crippen LogP contribution in [0.4, 0.5) is 0 Å². The van der Waals surface area contributed by atoms with Gasteiger partial charge in [-0.05, 0) is 38.5 Å². The molecule has 0 saturated heterocycles. The van der Waals surface area contributed by atoms with E-state index in [4.69, 9.17) is 4.74 Å². The third kappa shape index (κ3) is 6.27. The van der Waals surface area contributed by atoms with Crippen LogP contribution in [0.25, 0.3) is 0 Å². The maximum absolute atomic E-state index is 5.17. The van der Waals surface area contributed by atoms with Gasteiger partial charge in [0.05, 0.1) is 25.9 Å². The highest BCUT2D eigenvalue weighted by Gasteiger charge is 2.04. The van der Waals surface area contributed by atoms with Crippen molar-refractivity contribution in [3.63, 3.8) is 0 Å². The van der Waals surface area contributed by atoms with E-state index in [1.54, 1.807) is 18.4 Å². The Kier molecular flexibility index (Phi) is 9.05. The van der Waals surface area contributed by atoms with Crippen molar-refractivity contribution >= 4 is 41.3 Å². The van der Waals surface area contributed by atoms with Crippen LogP contribution in [0.15, 0.2) is 29.3 Å². The number of aliphatic imine (C=N–C) groups is 1. The van der Waals surface area contributed by atoms with Gasteiger partial charge >= 0.3 is 0 Å². The Bertz CT molecular complexity index is 636. The largest absolute Gasteiger partial charge is 0.497 e. The standard InChI is InChI=1S/C17H24N4OS.HI/c1-5-18-17(20-11-16-21-12(2)13(3)23-16)19-10-14-6-8-15(22-4)9-7-14;/h6-9H,5,10-11H2,1-4H3,(H2,18,19,20);1H. The van der Waals surface area contributed by atoms with Crippen LogP contribution in [0.5, 0.6) is 5.75 Å². The molecule has 0 aliphatic rings. The predicted molar refractivity (Wildman–Crippen MR) is 112 cm³/mol. The highest BCUT2D eigenvalue weighted by atomic mass is 127. The van der Waals surface area contributed by atoms with E-state index in [2.05, 4.69) is 34.5 Å². The lowest BCUT2D eigenvalue weighted by molar-refractivity contribution is 0.414. The molecular weight excluding hydrogens is 435 g/mol. The first kappa shape index (κ1) is 20.7. The molecular formula is C17H25IN4OS. The fourth-order valence-corrected chi connectivity index (χ4v) is 2.89. The number of thiazole rings is 1. The molecule has 0 bridgehead atoms. The van der Waals surface area contributed by atoms with Crippen molar-refractivity contribution < 1.29 is 4.74 Å². The van der Waals surface area contributed by atoms with Gasteiger partial charge in [-0.1, -0.05) is 12.1 Å². The maximum Gasteiger partial charge on any atom is 0.191 e. The zero-order valence-corrected chi connectivity index (χ0v) is 17.7. The lowest BCUT2D eigenvalue weighted by Gasteiger charge is -2.10. The molecule has 0 radical (unpaired) electrons. The second-order valence-electron chi connectivity index (χ2n) is 5.15. The van der Waals surface area contributed by atoms with Crippen LogP contribution < -0.4 is 15.4 Å². The summed E-state index contributed by atoms with van der Waals surface area (Å²) >= 11 is 1.72. The van der Waals surface area contributed by atoms with Crippen LogP contribution in [0.2, 0.25) is 0 Å². The summed E-state index contributed by atoms with van der Waals surface area (Å²) in [7, 11) is 1.67. The monoisotopic (exact) mass is 460 g/mol. The highest BCUT2D eigenvalue weighted by Crippen LogP contribution is 2.16. The van der Waals surface area contributed by atoms with E-state index in [0.29, 0.717) is 13.1 Å². The highest BCUT2D eigenvalue weighted by molar-refractivity contribution is 14.0. The number of nitrogens with zero attached hydrogens (tertiary/aromatic N) is 2. The number of aryl methyl sites for hydroxylation is 2. The quantitative estimate of drug-likeness (QED) is 0.393. The molecule has 2 N–H and O–H groups in total. The van der Waals surface area contributed by atoms with E-state index in [0.717, 1.165) is 34.5 Å². The van der Waals surface area contributed by atoms with Gasteiger partial charge in [0, 0.05) is 11.4 Å². The fourth-order valence-electron chi connectivity index (χ4n) is 2.02. The van der Waals surface area contributed by atoms with Gasteiger partial charge in [-0.15, -0.1) is 35.3 Å². The van der Waals surface area contributed by atoms with Crippen molar-refractivity contribution in [1.82, 2.24) is 15.6 Å². The van der Waals surface area contributed by atoms with E-state index in [1.165, 1.54) is 4.88 Å². The zero-order valence-electron chi connectivity index (χ0n) is 14.5. The van der Waals surface area contributed by atoms with E-state index >= 15 is 0 Å². The van der Waals surface area contributed by atoms with Crippen molar-refractivity contribution in [3.05, 3.63) is 45.4 Å². The molecule has 0 fully saturated rings. The second-order valence-corrected chi connectivity index (χ2v) is 6.43. The molecule has 0 unspecified atom stereocenters. The number of aromatic nitrogens is 1. The smallest absolute Gasteiger partial charge is 0.191 e. The lowest BCUT2D eigenvalue weighted by Crippen LogP contribution is -2.36. The average molecular weight is 460 g/mol. The molecule has 2 rings (SSSR count). The number of ether oxygens (including phenoxy) is 1. The van der Waals surface area contributed by atoms with E-state index in [-0.39, 0.29) is 24.0 Å². The van der Waals surface area contributed by atoms with Gasteiger partial charge < -0.3 is 15.4 Å². The summed E-state index contributed by atoms with van der Waals surface area (Å²) in [5.74, 6) is 1.66. The summed E-state index contributed by atoms with van der Waals surface area (Å²) in [5, 5.41) is 7.67. The van der Waals surface area contributed by atoms with Crippen molar-refractivity contribution in [2.24, 2.45) is 4.99 Å². The third-order valence-electron chi connectivity index (χ3n) is 3.40. The summed E-state index contributed by atoms with van der Waals surface area (Å²) in [6.45, 7) is 8.33. The van der Waals surface area contributed by atoms with Crippen molar-refractivity contribution in [3.8, 4) is 5.75 Å². The van der Waals surface area contributed by atoms with Crippen molar-refractivity contribution in [2.75, 3.05) is 13.7 Å². The van der Waals surface area contributed by atoms with Crippen LogP contribution in [0.1, 0.15) is 28.1 Å². The first-order valence-electron chi connectivity index (χ1n) is 7.70. The summed E-state index contributed by atoms with van der Waals surface area (Å²) < 4.78 is 5.17. The van der Waals surface area contributed by atoms with Crippen LogP contribution in [-0.2, 0) is 13.1 Å². The maximum atomic E-state index is 5.17. The Morgan fingerprint density at radius 1 is 1.21 bits per heavy atom. The molecule has 132 valence electrons. The number of halogens is 1. The van der Waals surface area contributed by atoms with Crippen LogP contribution >= 0.6 is 35.3 Å². The van der Waals surface area contributed by atoms with Gasteiger partial charge in [-0.2, -0.15) is 0 Å². The second kappa shape index (κ2) is 10.5. The Hall–Kier alpha value is -1.35. The molecule has 1 aromatic carbocycles. The summed E-state index contributed by atoms with van der Waals surface area (Å²) in [6, 6.07) is 7.96. The average Bonchev–Trinajstić information content (AvgIpc) is 2.89. The molecule has 0 aliphatic heterocycles. The van der Waals surface area contributed by atoms with E-state index < -0.39 is 0 Å². The zero-order chi connectivity index (χ0) is 16.7. The van der Waals surface area contributed by atoms with E-state index in [1.807, 2.05) is 31.2 Å². The van der Waals surface area contributed by atoms with Gasteiger partial charge in [0.1, 0.15) is 10.8 Å². The number of hydrogen-bond donors (Lipinski definition) is 2. The molecule has 2 aromatic rings. The molecule has 5 nitrogen and oxygen atoms in total. The SMILES string of the molecule is CCNC(=NCc1ccc(OC)cc1)NCc1nc(C)c(C)s1.I. The van der Waals surface area contributed by atoms with Crippen LogP contribution in [0.3, 0.4) is 0 Å². The Morgan fingerprint density at radius 2 is 1.92 bits per heavy atom. The normalized spacial score (nSPS) is 10.9. The summed E-state index contributed by atoms with van der Waals surface area (Å²) in [5.41, 5.74) is 2.25. The number of methoxy groups -OCH3 is 1. The molecule has 24 heavy (non-hydrogen) atoms. The first-order chi connectivity index (χ1) is 11.1. The van der Waals surface area contributed by atoms with Gasteiger partial charge in [-0.25, -0.2) is 9.98 Å². The molecule has 7 heteroatoms. The molecule has 1 heterocycles. The molecule has 1 aromatic heterocycles. The fraction of sp³-hybridized carbons (Fsp3) is 0.412. The topological polar surface area (TPSA) is 58.5 Å². The first-order valence-corrected chi connectivity index (χ1v) is 8.52. The van der Waals surface area contributed by atoms with Crippen molar-refractivity contribution in [1.29, 1.82) is 0 Å². The number of nitrogens with one attached hydrogen (secondary N) is 2. The number of rotatable bonds is 6. The van der Waals surface area contributed by atoms with Gasteiger partial charge in [-0.3, -0.25) is 0 Å². The molecule has 0 spiro atoms. The number of guanidine groups is 1. The molecule has 0 aliphatic carbocycles. The predicted octanol–water partition coefficient (Wildman–Crippen LogP) is 3.64. The molecule has 0 amide bonds. The minimum absolute atomic E-state index is 0. The van der Waals surface area contributed by atoms with E-state index in [9.17, 15) is 0 Å². The Balaban J connectivity index is 0.00000288. The number of hydrogen-bond acceptors (Lipinski definition) is 4. The summed E-state index contributed by atoms with van der Waals surface area (Å²) in [6.07, 6.45) is 0. The number of benzene rings is 1. The molecule has 0 atom stereocenters. The Labute approximate surface area is 165 Å². The van der Waals surface area contributed by atoms with Crippen molar-refractivity contribution in [2.45, 2.75) is 33.9 Å².